The van der Waals surface area contributed by atoms with Crippen LogP contribution in [0.4, 0.5) is 8.78 Å². The average Bonchev–Trinajstić information content (AvgIpc) is 3.16. The van der Waals surface area contributed by atoms with E-state index in [0.29, 0.717) is 31.2 Å². The van der Waals surface area contributed by atoms with Gasteiger partial charge in [0.05, 0.1) is 18.3 Å². The number of allylic oxidation sites excluding steroid dienone is 1. The first-order valence-corrected chi connectivity index (χ1v) is 9.98. The third-order valence-electron chi connectivity index (χ3n) is 5.18. The lowest BCUT2D eigenvalue weighted by Crippen LogP contribution is -2.31. The maximum Gasteiger partial charge on any atom is 0.256 e. The van der Waals surface area contributed by atoms with Crippen molar-refractivity contribution >= 4 is 12.0 Å². The Morgan fingerprint density at radius 3 is 2.93 bits per heavy atom. The number of ether oxygens (including phenoxy) is 1. The second-order valence-corrected chi connectivity index (χ2v) is 7.51. The number of carbonyl (C=O) groups is 1. The van der Waals surface area contributed by atoms with E-state index in [1.54, 1.807) is 12.4 Å². The number of rotatable bonds is 7. The molecule has 0 saturated carbocycles. The zero-order valence-electron chi connectivity index (χ0n) is 16.8. The van der Waals surface area contributed by atoms with E-state index in [4.69, 9.17) is 4.74 Å². The Bertz CT molecular complexity index is 885. The summed E-state index contributed by atoms with van der Waals surface area (Å²) in [7, 11) is 0. The van der Waals surface area contributed by atoms with Gasteiger partial charge in [-0.2, -0.15) is 0 Å². The van der Waals surface area contributed by atoms with E-state index >= 15 is 0 Å². The largest absolute Gasteiger partial charge is 0.487 e. The van der Waals surface area contributed by atoms with Crippen molar-refractivity contribution in [2.45, 2.75) is 39.2 Å². The Kier molecular flexibility index (Phi) is 6.96. The molecular weight excluding hydrogens is 374 g/mol. The van der Waals surface area contributed by atoms with Gasteiger partial charge in [0.25, 0.3) is 5.91 Å². The number of nitrogens with zero attached hydrogens (tertiary/aromatic N) is 2. The summed E-state index contributed by atoms with van der Waals surface area (Å²) in [6.07, 6.45) is 10.2. The van der Waals surface area contributed by atoms with Crippen molar-refractivity contribution in [3.05, 3.63) is 65.5 Å². The number of carbonyl (C=O) groups excluding carboxylic acids is 1. The SMILES string of the molecule is CC[C@@H](C)C/C=C/c1cncc(O[C@@H]2CCN(C(=O)c3ccc(F)cc3F)C2)c1. The van der Waals surface area contributed by atoms with Gasteiger partial charge in [0, 0.05) is 25.2 Å². The molecule has 1 fully saturated rings. The zero-order valence-corrected chi connectivity index (χ0v) is 16.8. The molecule has 0 bridgehead atoms. The summed E-state index contributed by atoms with van der Waals surface area (Å²) in [5.74, 6) is -0.712. The van der Waals surface area contributed by atoms with Crippen LogP contribution < -0.4 is 4.74 Å². The van der Waals surface area contributed by atoms with Crippen molar-refractivity contribution < 1.29 is 18.3 Å². The molecule has 1 aliphatic heterocycles. The van der Waals surface area contributed by atoms with Gasteiger partial charge in [-0.1, -0.05) is 32.4 Å². The first-order valence-electron chi connectivity index (χ1n) is 9.98. The first kappa shape index (κ1) is 21.0. The van der Waals surface area contributed by atoms with E-state index in [2.05, 4.69) is 24.9 Å². The monoisotopic (exact) mass is 400 g/mol. The van der Waals surface area contributed by atoms with Gasteiger partial charge >= 0.3 is 0 Å². The molecule has 4 nitrogen and oxygen atoms in total. The van der Waals surface area contributed by atoms with Gasteiger partial charge in [0.1, 0.15) is 23.5 Å². The fourth-order valence-corrected chi connectivity index (χ4v) is 3.23. The highest BCUT2D eigenvalue weighted by atomic mass is 19.1. The van der Waals surface area contributed by atoms with Crippen LogP contribution in [0.25, 0.3) is 6.08 Å². The van der Waals surface area contributed by atoms with Gasteiger partial charge in [0.2, 0.25) is 0 Å². The van der Waals surface area contributed by atoms with Gasteiger partial charge in [-0.3, -0.25) is 9.78 Å². The molecule has 154 valence electrons. The summed E-state index contributed by atoms with van der Waals surface area (Å²) in [6, 6.07) is 4.92. The average molecular weight is 400 g/mol. The van der Waals surface area contributed by atoms with Crippen molar-refractivity contribution in [2.75, 3.05) is 13.1 Å². The second kappa shape index (κ2) is 9.63. The zero-order chi connectivity index (χ0) is 20.8. The lowest BCUT2D eigenvalue weighted by atomic mass is 10.0. The quantitative estimate of drug-likeness (QED) is 0.649. The predicted molar refractivity (Wildman–Crippen MR) is 109 cm³/mol. The van der Waals surface area contributed by atoms with E-state index in [1.165, 1.54) is 11.0 Å². The van der Waals surface area contributed by atoms with Crippen LogP contribution >= 0.6 is 0 Å². The Labute approximate surface area is 170 Å². The third-order valence-corrected chi connectivity index (χ3v) is 5.18. The van der Waals surface area contributed by atoms with Crippen LogP contribution in [0.1, 0.15) is 49.0 Å². The third kappa shape index (κ3) is 5.62. The summed E-state index contributed by atoms with van der Waals surface area (Å²) >= 11 is 0. The highest BCUT2D eigenvalue weighted by Crippen LogP contribution is 2.22. The van der Waals surface area contributed by atoms with Crippen molar-refractivity contribution in [3.63, 3.8) is 0 Å². The number of hydrogen-bond acceptors (Lipinski definition) is 3. The van der Waals surface area contributed by atoms with Gasteiger partial charge in [-0.25, -0.2) is 8.78 Å². The van der Waals surface area contributed by atoms with Gasteiger partial charge in [0.15, 0.2) is 0 Å². The molecule has 29 heavy (non-hydrogen) atoms. The summed E-state index contributed by atoms with van der Waals surface area (Å²) in [6.45, 7) is 5.20. The van der Waals surface area contributed by atoms with Crippen LogP contribution in [-0.4, -0.2) is 35.0 Å². The van der Waals surface area contributed by atoms with Crippen LogP contribution in [0.2, 0.25) is 0 Å². The normalized spacial score (nSPS) is 17.7. The number of benzene rings is 1. The lowest BCUT2D eigenvalue weighted by Gasteiger charge is -2.17. The maximum atomic E-state index is 13.9. The molecule has 2 heterocycles. The summed E-state index contributed by atoms with van der Waals surface area (Å²) in [4.78, 5) is 18.3. The molecule has 1 saturated heterocycles. The first-order chi connectivity index (χ1) is 14.0. The van der Waals surface area contributed by atoms with Gasteiger partial charge in [-0.05, 0) is 36.1 Å². The minimum absolute atomic E-state index is 0.123. The Hall–Kier alpha value is -2.76. The molecule has 1 aliphatic rings. The molecule has 1 aromatic carbocycles. The molecule has 0 radical (unpaired) electrons. The van der Waals surface area contributed by atoms with Crippen LogP contribution in [-0.2, 0) is 0 Å². The Morgan fingerprint density at radius 1 is 1.34 bits per heavy atom. The van der Waals surface area contributed by atoms with Crippen molar-refractivity contribution in [1.82, 2.24) is 9.88 Å². The number of aromatic nitrogens is 1. The molecule has 2 atom stereocenters. The van der Waals surface area contributed by atoms with Crippen LogP contribution in [0, 0.1) is 17.6 Å². The number of halogens is 2. The predicted octanol–water partition coefficient (Wildman–Crippen LogP) is 5.10. The van der Waals surface area contributed by atoms with Crippen LogP contribution in [0.3, 0.4) is 0 Å². The van der Waals surface area contributed by atoms with E-state index in [0.717, 1.165) is 30.5 Å². The minimum Gasteiger partial charge on any atom is -0.487 e. The van der Waals surface area contributed by atoms with Crippen molar-refractivity contribution in [2.24, 2.45) is 5.92 Å². The van der Waals surface area contributed by atoms with E-state index < -0.39 is 17.5 Å². The number of hydrogen-bond donors (Lipinski definition) is 0. The highest BCUT2D eigenvalue weighted by Gasteiger charge is 2.29. The molecule has 2 aromatic rings. The second-order valence-electron chi connectivity index (χ2n) is 7.51. The molecule has 0 aliphatic carbocycles. The van der Waals surface area contributed by atoms with Gasteiger partial charge in [-0.15, -0.1) is 0 Å². The van der Waals surface area contributed by atoms with Gasteiger partial charge < -0.3 is 9.64 Å². The topological polar surface area (TPSA) is 42.4 Å². The van der Waals surface area contributed by atoms with Crippen molar-refractivity contribution in [3.8, 4) is 5.75 Å². The molecule has 0 N–H and O–H groups in total. The van der Waals surface area contributed by atoms with Crippen molar-refractivity contribution in [1.29, 1.82) is 0 Å². The number of likely N-dealkylation sites (tertiary alicyclic amines) is 1. The number of amides is 1. The Balaban J connectivity index is 1.58. The molecule has 6 heteroatoms. The lowest BCUT2D eigenvalue weighted by molar-refractivity contribution is 0.0767. The smallest absolute Gasteiger partial charge is 0.256 e. The number of pyridine rings is 1. The molecule has 1 aromatic heterocycles. The fraction of sp³-hybridized carbons (Fsp3) is 0.391. The van der Waals surface area contributed by atoms with E-state index in [1.807, 2.05) is 12.1 Å². The Morgan fingerprint density at radius 2 is 2.17 bits per heavy atom. The maximum absolute atomic E-state index is 13.9. The summed E-state index contributed by atoms with van der Waals surface area (Å²) in [5, 5.41) is 0. The minimum atomic E-state index is -0.847. The fourth-order valence-electron chi connectivity index (χ4n) is 3.23. The molecule has 0 unspecified atom stereocenters. The van der Waals surface area contributed by atoms with E-state index in [-0.39, 0.29) is 11.7 Å². The van der Waals surface area contributed by atoms with E-state index in [9.17, 15) is 13.6 Å². The molecule has 0 spiro atoms. The molecule has 1 amide bonds. The highest BCUT2D eigenvalue weighted by molar-refractivity contribution is 5.94. The van der Waals surface area contributed by atoms with Crippen LogP contribution in [0.5, 0.6) is 5.75 Å². The summed E-state index contributed by atoms with van der Waals surface area (Å²) in [5.41, 5.74) is 0.840. The molecular formula is C23H26F2N2O2. The van der Waals surface area contributed by atoms with Crippen LogP contribution in [0.15, 0.2) is 42.7 Å². The standard InChI is InChI=1S/C23H26F2N2O2/c1-3-16(2)5-4-6-17-11-20(14-26-13-17)29-19-9-10-27(15-19)23(28)21-8-7-18(24)12-22(21)25/h4,6-8,11-14,16,19H,3,5,9-10,15H2,1-2H3/b6-4+/t16-,19-/m1/s1. The summed E-state index contributed by atoms with van der Waals surface area (Å²) < 4.78 is 32.9. The molecule has 3 rings (SSSR count).